The number of nitrogens with zero attached hydrogens (tertiary/aromatic N) is 3. The predicted octanol–water partition coefficient (Wildman–Crippen LogP) is 2.15. The van der Waals surface area contributed by atoms with Gasteiger partial charge in [-0.15, -0.1) is 0 Å². The highest BCUT2D eigenvalue weighted by atomic mass is 19.1. The maximum Gasteiger partial charge on any atom is 0.146 e. The molecule has 2 atom stereocenters. The third-order valence-electron chi connectivity index (χ3n) is 4.19. The first-order valence-corrected chi connectivity index (χ1v) is 7.97. The summed E-state index contributed by atoms with van der Waals surface area (Å²) in [6.07, 6.45) is 0.744. The van der Waals surface area contributed by atoms with Crippen molar-refractivity contribution >= 4 is 17.3 Å². The maximum atomic E-state index is 13.7. The molecule has 0 bridgehead atoms. The number of benzene rings is 1. The van der Waals surface area contributed by atoms with Crippen LogP contribution in [0.4, 0.5) is 21.7 Å². The Labute approximate surface area is 145 Å². The van der Waals surface area contributed by atoms with E-state index in [4.69, 9.17) is 9.47 Å². The second-order valence-electron chi connectivity index (χ2n) is 5.77. The van der Waals surface area contributed by atoms with Gasteiger partial charge in [0.05, 0.1) is 39.1 Å². The van der Waals surface area contributed by atoms with Crippen LogP contribution in [-0.4, -0.2) is 54.7 Å². The monoisotopic (exact) mass is 348 g/mol. The minimum absolute atomic E-state index is 0.112. The summed E-state index contributed by atoms with van der Waals surface area (Å²) in [5, 5.41) is 12.6. The van der Waals surface area contributed by atoms with Gasteiger partial charge in [0.2, 0.25) is 0 Å². The minimum atomic E-state index is -0.967. The Hall–Kier alpha value is -2.61. The predicted molar refractivity (Wildman–Crippen MR) is 92.6 cm³/mol. The van der Waals surface area contributed by atoms with Crippen molar-refractivity contribution in [2.75, 3.05) is 37.6 Å². The molecule has 1 aliphatic rings. The fourth-order valence-electron chi connectivity index (χ4n) is 2.93. The summed E-state index contributed by atoms with van der Waals surface area (Å²) >= 11 is 0. The summed E-state index contributed by atoms with van der Waals surface area (Å²) in [5.41, 5.74) is 0.719. The highest BCUT2D eigenvalue weighted by molar-refractivity contribution is 5.67. The van der Waals surface area contributed by atoms with Gasteiger partial charge >= 0.3 is 0 Å². The number of ether oxygens (including phenoxy) is 2. The molecular weight excluding hydrogens is 327 g/mol. The highest BCUT2D eigenvalue weighted by Crippen LogP contribution is 2.32. The Morgan fingerprint density at radius 3 is 2.84 bits per heavy atom. The van der Waals surface area contributed by atoms with Crippen molar-refractivity contribution in [3.63, 3.8) is 0 Å². The minimum Gasteiger partial charge on any atom is -0.497 e. The van der Waals surface area contributed by atoms with Crippen LogP contribution in [0.2, 0.25) is 0 Å². The number of aromatic nitrogens is 2. The van der Waals surface area contributed by atoms with Gasteiger partial charge in [-0.25, -0.2) is 14.4 Å². The Balaban J connectivity index is 1.83. The fraction of sp³-hybridized carbons (Fsp3) is 0.412. The molecule has 0 saturated carbocycles. The van der Waals surface area contributed by atoms with Gasteiger partial charge in [-0.05, 0) is 12.1 Å². The first-order chi connectivity index (χ1) is 12.1. The Bertz CT molecular complexity index is 731. The Morgan fingerprint density at radius 1 is 1.28 bits per heavy atom. The van der Waals surface area contributed by atoms with Crippen LogP contribution in [0, 0.1) is 0 Å². The lowest BCUT2D eigenvalue weighted by Gasteiger charge is -2.23. The highest BCUT2D eigenvalue weighted by Gasteiger charge is 2.32. The zero-order chi connectivity index (χ0) is 17.8. The zero-order valence-corrected chi connectivity index (χ0v) is 14.1. The number of hydrogen-bond donors (Lipinski definition) is 2. The van der Waals surface area contributed by atoms with E-state index < -0.39 is 6.17 Å². The summed E-state index contributed by atoms with van der Waals surface area (Å²) in [6.45, 7) is 0.104. The molecule has 0 aliphatic carbocycles. The van der Waals surface area contributed by atoms with Gasteiger partial charge in [0.1, 0.15) is 35.6 Å². The number of methoxy groups -OCH3 is 2. The summed E-state index contributed by atoms with van der Waals surface area (Å²) in [7, 11) is 3.16. The summed E-state index contributed by atoms with van der Waals surface area (Å²) in [4.78, 5) is 10.2. The van der Waals surface area contributed by atoms with Gasteiger partial charge in [-0.2, -0.15) is 0 Å². The van der Waals surface area contributed by atoms with E-state index in [0.29, 0.717) is 29.6 Å². The fourth-order valence-corrected chi connectivity index (χ4v) is 2.93. The van der Waals surface area contributed by atoms with Gasteiger partial charge in [-0.3, -0.25) is 0 Å². The van der Waals surface area contributed by atoms with E-state index in [1.54, 1.807) is 31.3 Å². The van der Waals surface area contributed by atoms with Crippen molar-refractivity contribution in [2.24, 2.45) is 0 Å². The molecule has 0 unspecified atom stereocenters. The van der Waals surface area contributed by atoms with Crippen LogP contribution in [0.25, 0.3) is 0 Å². The van der Waals surface area contributed by atoms with Gasteiger partial charge in [-0.1, -0.05) is 0 Å². The Morgan fingerprint density at radius 2 is 2.12 bits per heavy atom. The lowest BCUT2D eigenvalue weighted by molar-refractivity contribution is 0.255. The molecule has 2 N–H and O–H groups in total. The molecule has 1 saturated heterocycles. The van der Waals surface area contributed by atoms with Crippen molar-refractivity contribution in [2.45, 2.75) is 18.6 Å². The smallest absolute Gasteiger partial charge is 0.146 e. The van der Waals surface area contributed by atoms with Crippen molar-refractivity contribution in [3.8, 4) is 11.5 Å². The molecule has 1 fully saturated rings. The number of hydrogen-bond acceptors (Lipinski definition) is 7. The molecule has 134 valence electrons. The second-order valence-corrected chi connectivity index (χ2v) is 5.77. The van der Waals surface area contributed by atoms with E-state index in [1.165, 1.54) is 6.33 Å². The van der Waals surface area contributed by atoms with Gasteiger partial charge in [0.15, 0.2) is 0 Å². The number of halogens is 1. The van der Waals surface area contributed by atoms with Crippen LogP contribution in [0.15, 0.2) is 30.6 Å². The van der Waals surface area contributed by atoms with Crippen molar-refractivity contribution < 1.29 is 19.0 Å². The number of aliphatic hydroxyl groups excluding tert-OH is 1. The third-order valence-corrected chi connectivity index (χ3v) is 4.19. The molecule has 0 radical (unpaired) electrons. The first kappa shape index (κ1) is 17.2. The molecule has 1 aromatic heterocycles. The van der Waals surface area contributed by atoms with Crippen LogP contribution in [0.5, 0.6) is 11.5 Å². The summed E-state index contributed by atoms with van der Waals surface area (Å²) < 4.78 is 24.2. The van der Waals surface area contributed by atoms with Crippen molar-refractivity contribution in [1.82, 2.24) is 9.97 Å². The van der Waals surface area contributed by atoms with E-state index in [9.17, 15) is 9.50 Å². The van der Waals surface area contributed by atoms with Crippen LogP contribution in [0.1, 0.15) is 6.42 Å². The largest absolute Gasteiger partial charge is 0.497 e. The SMILES string of the molecule is COc1ccc(Nc2cc(N3C[C@@H](F)C[C@H]3CO)ncn2)c(OC)c1. The normalized spacial score (nSPS) is 19.8. The zero-order valence-electron chi connectivity index (χ0n) is 14.1. The van der Waals surface area contributed by atoms with E-state index in [1.807, 2.05) is 12.1 Å². The number of alkyl halides is 1. The van der Waals surface area contributed by atoms with E-state index in [2.05, 4.69) is 15.3 Å². The molecule has 7 nitrogen and oxygen atoms in total. The molecule has 1 aromatic carbocycles. The molecular formula is C17H21FN4O3. The number of nitrogens with one attached hydrogen (secondary N) is 1. The number of anilines is 3. The van der Waals surface area contributed by atoms with E-state index in [-0.39, 0.29) is 19.2 Å². The maximum absolute atomic E-state index is 13.7. The topological polar surface area (TPSA) is 79.7 Å². The first-order valence-electron chi connectivity index (χ1n) is 7.97. The lowest BCUT2D eigenvalue weighted by atomic mass is 10.2. The van der Waals surface area contributed by atoms with E-state index >= 15 is 0 Å². The second kappa shape index (κ2) is 7.52. The number of rotatable bonds is 6. The van der Waals surface area contributed by atoms with Crippen LogP contribution >= 0.6 is 0 Å². The molecule has 3 rings (SSSR count). The Kier molecular flexibility index (Phi) is 5.18. The van der Waals surface area contributed by atoms with Crippen molar-refractivity contribution in [1.29, 1.82) is 0 Å². The molecule has 8 heteroatoms. The quantitative estimate of drug-likeness (QED) is 0.828. The van der Waals surface area contributed by atoms with Gasteiger partial charge in [0.25, 0.3) is 0 Å². The molecule has 1 aliphatic heterocycles. The molecule has 2 heterocycles. The molecule has 0 spiro atoms. The molecule has 25 heavy (non-hydrogen) atoms. The third kappa shape index (κ3) is 3.74. The van der Waals surface area contributed by atoms with Crippen molar-refractivity contribution in [3.05, 3.63) is 30.6 Å². The van der Waals surface area contributed by atoms with Crippen LogP contribution in [-0.2, 0) is 0 Å². The van der Waals surface area contributed by atoms with Gasteiger partial charge in [0, 0.05) is 18.6 Å². The molecule has 0 amide bonds. The standard InChI is InChI=1S/C17H21FN4O3/c1-24-13-3-4-14(15(6-13)25-2)21-16-7-17(20-10-19-16)22-8-11(18)5-12(22)9-23/h3-4,6-7,10-12,23H,5,8-9H2,1-2H3,(H,19,20,21)/t11-,12-/m0/s1. The number of aliphatic hydroxyl groups is 1. The van der Waals surface area contributed by atoms with Crippen LogP contribution < -0.4 is 19.7 Å². The average molecular weight is 348 g/mol. The molecule has 2 aromatic rings. The summed E-state index contributed by atoms with van der Waals surface area (Å²) in [6, 6.07) is 6.85. The summed E-state index contributed by atoms with van der Waals surface area (Å²) in [5.74, 6) is 2.41. The average Bonchev–Trinajstić information content (AvgIpc) is 3.03. The lowest BCUT2D eigenvalue weighted by Crippen LogP contribution is -2.33. The van der Waals surface area contributed by atoms with Crippen LogP contribution in [0.3, 0.4) is 0 Å². The van der Waals surface area contributed by atoms with Gasteiger partial charge < -0.3 is 24.8 Å². The van der Waals surface area contributed by atoms with E-state index in [0.717, 1.165) is 5.69 Å².